The van der Waals surface area contributed by atoms with Crippen LogP contribution in [0.1, 0.15) is 37.3 Å². The molecule has 0 aliphatic heterocycles. The SMILES string of the molecule is C/C=C\C(C)c1ccccc1C.C=CCC(=C)C=C.c1cc(-c2ccc3c4ccccc4c4ccccc4c3c2)cc(-n2c3ccccc3c3c4sc5ccccc5c4ccc32)c1. The van der Waals surface area contributed by atoms with E-state index < -0.39 is 0 Å². The highest BCUT2D eigenvalue weighted by Gasteiger charge is 2.18. The summed E-state index contributed by atoms with van der Waals surface area (Å²) < 4.78 is 5.15. The van der Waals surface area contributed by atoms with Crippen molar-refractivity contribution in [3.63, 3.8) is 0 Å². The summed E-state index contributed by atoms with van der Waals surface area (Å²) in [4.78, 5) is 0. The first-order chi connectivity index (χ1) is 30.9. The van der Waals surface area contributed by atoms with E-state index in [4.69, 9.17) is 0 Å². The van der Waals surface area contributed by atoms with Gasteiger partial charge in [0.1, 0.15) is 0 Å². The molecule has 0 saturated heterocycles. The van der Waals surface area contributed by atoms with Gasteiger partial charge in [-0.2, -0.15) is 0 Å². The van der Waals surface area contributed by atoms with E-state index in [9.17, 15) is 0 Å². The molecule has 1 nitrogen and oxygen atoms in total. The smallest absolute Gasteiger partial charge is 0.0555 e. The molecule has 0 N–H and O–H groups in total. The van der Waals surface area contributed by atoms with Crippen LogP contribution in [-0.2, 0) is 0 Å². The van der Waals surface area contributed by atoms with Crippen molar-refractivity contribution in [1.82, 2.24) is 4.57 Å². The molecule has 0 bridgehead atoms. The average Bonchev–Trinajstić information content (AvgIpc) is 3.88. The Bertz CT molecular complexity index is 3500. The first-order valence-corrected chi connectivity index (χ1v) is 22.6. The molecule has 0 radical (unpaired) electrons. The Morgan fingerprint density at radius 2 is 1.16 bits per heavy atom. The lowest BCUT2D eigenvalue weighted by Crippen LogP contribution is -1.94. The van der Waals surface area contributed by atoms with Crippen molar-refractivity contribution in [3.8, 4) is 16.8 Å². The van der Waals surface area contributed by atoms with Gasteiger partial charge in [-0.15, -0.1) is 17.9 Å². The molecule has 9 aromatic carbocycles. The second-order valence-corrected chi connectivity index (χ2v) is 17.3. The monoisotopic (exact) mass is 829 g/mol. The van der Waals surface area contributed by atoms with Crippen LogP contribution < -0.4 is 0 Å². The van der Waals surface area contributed by atoms with Crippen molar-refractivity contribution in [2.45, 2.75) is 33.1 Å². The predicted molar refractivity (Wildman–Crippen MR) is 280 cm³/mol. The number of rotatable bonds is 7. The van der Waals surface area contributed by atoms with Gasteiger partial charge in [0.2, 0.25) is 0 Å². The Morgan fingerprint density at radius 1 is 0.571 bits per heavy atom. The summed E-state index contributed by atoms with van der Waals surface area (Å²) in [6.45, 7) is 17.2. The standard InChI is InChI=1S/C42H25NS.C12H16.C7H10/c1-2-14-31-29(12-1)30-13-3-4-15-32(30)37-25-27(20-21-33(31)37)26-10-9-11-28(24-26)43-38-18-7-5-17-36(38)41-39(43)23-22-35-34-16-6-8-19-40(34)44-42(35)41;1-4-7-10(2)12-9-6-5-8-11(12)3;1-4-6-7(3)5-2/h1-25H;4-10H,1-3H3;4-5H,1-3,6H2/b;7-4-;. The highest BCUT2D eigenvalue weighted by Crippen LogP contribution is 2.44. The molecule has 0 aliphatic carbocycles. The molecular formula is C61H51NS. The number of fused-ring (bicyclic) bond motifs is 13. The molecule has 1 atom stereocenters. The Balaban J connectivity index is 0.000000222. The first kappa shape index (κ1) is 41.1. The zero-order valence-electron chi connectivity index (χ0n) is 36.3. The lowest BCUT2D eigenvalue weighted by molar-refractivity contribution is 0.950. The lowest BCUT2D eigenvalue weighted by atomic mass is 9.92. The maximum Gasteiger partial charge on any atom is 0.0555 e. The fourth-order valence-corrected chi connectivity index (χ4v) is 10.4. The van der Waals surface area contributed by atoms with Crippen molar-refractivity contribution < 1.29 is 0 Å². The minimum atomic E-state index is 0.538. The number of aryl methyl sites for hydroxylation is 1. The van der Waals surface area contributed by atoms with Gasteiger partial charge < -0.3 is 4.57 Å². The molecule has 1 unspecified atom stereocenters. The minimum absolute atomic E-state index is 0.538. The zero-order valence-corrected chi connectivity index (χ0v) is 37.1. The maximum atomic E-state index is 3.67. The molecule has 0 fully saturated rings. The summed E-state index contributed by atoms with van der Waals surface area (Å²) in [7, 11) is 0. The van der Waals surface area contributed by atoms with Gasteiger partial charge in [0, 0.05) is 36.6 Å². The fourth-order valence-electron chi connectivity index (χ4n) is 9.18. The Morgan fingerprint density at radius 3 is 1.83 bits per heavy atom. The van der Waals surface area contributed by atoms with Gasteiger partial charge in [-0.25, -0.2) is 0 Å². The van der Waals surface area contributed by atoms with Gasteiger partial charge in [0.15, 0.2) is 0 Å². The van der Waals surface area contributed by atoms with Crippen LogP contribution in [0.4, 0.5) is 0 Å². The van der Waals surface area contributed by atoms with Crippen molar-refractivity contribution >= 4 is 85.6 Å². The van der Waals surface area contributed by atoms with E-state index in [0.717, 1.165) is 12.0 Å². The summed E-state index contributed by atoms with van der Waals surface area (Å²) in [5, 5.41) is 13.1. The molecule has 0 spiro atoms. The van der Waals surface area contributed by atoms with E-state index in [1.807, 2.05) is 17.4 Å². The normalized spacial score (nSPS) is 11.9. The number of benzene rings is 9. The summed E-state index contributed by atoms with van der Waals surface area (Å²) in [5.41, 5.74) is 9.94. The number of hydrogen-bond donors (Lipinski definition) is 0. The molecule has 2 heteroatoms. The fraction of sp³-hybridized carbons (Fsp3) is 0.0820. The van der Waals surface area contributed by atoms with E-state index in [2.05, 4.69) is 233 Å². The van der Waals surface area contributed by atoms with Gasteiger partial charge in [-0.1, -0.05) is 189 Å². The maximum absolute atomic E-state index is 3.67. The van der Waals surface area contributed by atoms with E-state index in [-0.39, 0.29) is 0 Å². The highest BCUT2D eigenvalue weighted by atomic mass is 32.1. The van der Waals surface area contributed by atoms with Gasteiger partial charge >= 0.3 is 0 Å². The quantitative estimate of drug-likeness (QED) is 0.0857. The van der Waals surface area contributed by atoms with Crippen LogP contribution in [-0.4, -0.2) is 4.57 Å². The van der Waals surface area contributed by atoms with Gasteiger partial charge in [0.05, 0.1) is 11.0 Å². The van der Waals surface area contributed by atoms with Crippen LogP contribution in [0, 0.1) is 6.92 Å². The van der Waals surface area contributed by atoms with E-state index in [1.165, 1.54) is 102 Å². The summed E-state index contributed by atoms with van der Waals surface area (Å²) >= 11 is 1.90. The van der Waals surface area contributed by atoms with Crippen LogP contribution in [0.5, 0.6) is 0 Å². The first-order valence-electron chi connectivity index (χ1n) is 21.8. The second kappa shape index (κ2) is 18.0. The Hall–Kier alpha value is -7.26. The van der Waals surface area contributed by atoms with Crippen LogP contribution >= 0.6 is 11.3 Å². The molecular weight excluding hydrogens is 779 g/mol. The number of hydrogen-bond acceptors (Lipinski definition) is 1. The summed E-state index contributed by atoms with van der Waals surface area (Å²) in [6, 6.07) is 64.4. The molecule has 2 heterocycles. The number of allylic oxidation sites excluding steroid dienone is 5. The molecule has 306 valence electrons. The molecule has 11 rings (SSSR count). The number of thiophene rings is 1. The Labute approximate surface area is 374 Å². The lowest BCUT2D eigenvalue weighted by Gasteiger charge is -2.13. The van der Waals surface area contributed by atoms with Crippen molar-refractivity contribution in [2.75, 3.05) is 0 Å². The van der Waals surface area contributed by atoms with Crippen molar-refractivity contribution in [2.24, 2.45) is 0 Å². The van der Waals surface area contributed by atoms with Crippen molar-refractivity contribution in [1.29, 1.82) is 0 Å². The second-order valence-electron chi connectivity index (χ2n) is 16.2. The Kier molecular flexibility index (Phi) is 11.7. The number of aromatic nitrogens is 1. The highest BCUT2D eigenvalue weighted by molar-refractivity contribution is 7.26. The third-order valence-corrected chi connectivity index (χ3v) is 13.4. The van der Waals surface area contributed by atoms with Gasteiger partial charge in [0.25, 0.3) is 0 Å². The van der Waals surface area contributed by atoms with Crippen LogP contribution in [0.15, 0.2) is 226 Å². The molecule has 11 aromatic rings. The molecule has 63 heavy (non-hydrogen) atoms. The predicted octanol–water partition coefficient (Wildman–Crippen LogP) is 18.3. The number of nitrogens with zero attached hydrogens (tertiary/aromatic N) is 1. The summed E-state index contributed by atoms with van der Waals surface area (Å²) in [5.74, 6) is 0.538. The third kappa shape index (κ3) is 7.80. The topological polar surface area (TPSA) is 4.93 Å². The molecule has 2 aromatic heterocycles. The van der Waals surface area contributed by atoms with Crippen molar-refractivity contribution in [3.05, 3.63) is 237 Å². The largest absolute Gasteiger partial charge is 0.309 e. The van der Waals surface area contributed by atoms with Gasteiger partial charge in [-0.3, -0.25) is 0 Å². The van der Waals surface area contributed by atoms with Gasteiger partial charge in [-0.05, 0) is 117 Å². The zero-order chi connectivity index (χ0) is 43.5. The summed E-state index contributed by atoms with van der Waals surface area (Å²) in [6.07, 6.45) is 8.73. The van der Waals surface area contributed by atoms with Crippen LogP contribution in [0.25, 0.3) is 91.1 Å². The van der Waals surface area contributed by atoms with E-state index in [1.54, 1.807) is 6.08 Å². The molecule has 0 aliphatic rings. The minimum Gasteiger partial charge on any atom is -0.309 e. The molecule has 0 amide bonds. The average molecular weight is 830 g/mol. The molecule has 0 saturated carbocycles. The van der Waals surface area contributed by atoms with Crippen LogP contribution in [0.2, 0.25) is 0 Å². The van der Waals surface area contributed by atoms with E-state index >= 15 is 0 Å². The van der Waals surface area contributed by atoms with E-state index in [0.29, 0.717) is 5.92 Å². The van der Waals surface area contributed by atoms with Crippen LogP contribution in [0.3, 0.4) is 0 Å². The number of para-hydroxylation sites is 1. The third-order valence-electron chi connectivity index (χ3n) is 12.2.